The zero-order chi connectivity index (χ0) is 20.4. The summed E-state index contributed by atoms with van der Waals surface area (Å²) in [6.45, 7) is 5.87. The van der Waals surface area contributed by atoms with E-state index < -0.39 is 0 Å². The van der Waals surface area contributed by atoms with Crippen molar-refractivity contribution < 1.29 is 14.3 Å². The maximum absolute atomic E-state index is 13.1. The fraction of sp³-hybridized carbons (Fsp3) is 0.455. The van der Waals surface area contributed by atoms with Crippen LogP contribution in [0.5, 0.6) is 5.75 Å². The highest BCUT2D eigenvalue weighted by Gasteiger charge is 2.31. The van der Waals surface area contributed by atoms with Gasteiger partial charge < -0.3 is 14.5 Å². The topological polar surface area (TPSA) is 75.6 Å². The maximum atomic E-state index is 13.1. The van der Waals surface area contributed by atoms with Crippen molar-refractivity contribution in [3.8, 4) is 5.75 Å². The van der Waals surface area contributed by atoms with E-state index in [1.807, 2.05) is 41.1 Å². The van der Waals surface area contributed by atoms with Crippen LogP contribution in [0.25, 0.3) is 0 Å². The largest absolute Gasteiger partial charge is 0.493 e. The molecule has 3 heterocycles. The summed E-state index contributed by atoms with van der Waals surface area (Å²) in [6.07, 6.45) is 4.38. The Kier molecular flexibility index (Phi) is 5.47. The number of para-hydroxylation sites is 1. The average molecular weight is 394 g/mol. The van der Waals surface area contributed by atoms with Gasteiger partial charge in [0, 0.05) is 44.7 Å². The number of benzene rings is 1. The highest BCUT2D eigenvalue weighted by atomic mass is 16.5. The van der Waals surface area contributed by atoms with Crippen molar-refractivity contribution in [3.05, 3.63) is 53.1 Å². The normalized spacial score (nSPS) is 18.5. The molecular weight excluding hydrogens is 368 g/mol. The Morgan fingerprint density at radius 3 is 2.86 bits per heavy atom. The van der Waals surface area contributed by atoms with Crippen LogP contribution in [0.4, 0.5) is 0 Å². The molecule has 1 aromatic carbocycles. The van der Waals surface area contributed by atoms with E-state index in [0.29, 0.717) is 37.4 Å². The van der Waals surface area contributed by atoms with Crippen LogP contribution >= 0.6 is 0 Å². The fourth-order valence-electron chi connectivity index (χ4n) is 4.17. The summed E-state index contributed by atoms with van der Waals surface area (Å²) in [5.41, 5.74) is 2.53. The highest BCUT2D eigenvalue weighted by Crippen LogP contribution is 2.31. The summed E-state index contributed by atoms with van der Waals surface area (Å²) in [7, 11) is 0. The van der Waals surface area contributed by atoms with Gasteiger partial charge in [0.05, 0.1) is 23.9 Å². The van der Waals surface area contributed by atoms with Gasteiger partial charge in [-0.1, -0.05) is 12.1 Å². The first-order chi connectivity index (χ1) is 14.1. The second kappa shape index (κ2) is 8.19. The maximum Gasteiger partial charge on any atom is 0.257 e. The fourth-order valence-corrected chi connectivity index (χ4v) is 4.17. The molecule has 1 saturated heterocycles. The van der Waals surface area contributed by atoms with Gasteiger partial charge in [-0.25, -0.2) is 9.97 Å². The summed E-state index contributed by atoms with van der Waals surface area (Å²) in [5, 5.41) is 0. The first kappa shape index (κ1) is 19.4. The molecule has 0 N–H and O–H groups in total. The second-order valence-corrected chi connectivity index (χ2v) is 7.48. The molecule has 0 spiro atoms. The lowest BCUT2D eigenvalue weighted by Gasteiger charge is -2.29. The van der Waals surface area contributed by atoms with Gasteiger partial charge in [-0.05, 0) is 31.9 Å². The van der Waals surface area contributed by atoms with Crippen molar-refractivity contribution in [2.45, 2.75) is 45.7 Å². The minimum Gasteiger partial charge on any atom is -0.493 e. The van der Waals surface area contributed by atoms with Gasteiger partial charge in [-0.2, -0.15) is 0 Å². The van der Waals surface area contributed by atoms with Gasteiger partial charge in [0.15, 0.2) is 5.82 Å². The first-order valence-electron chi connectivity index (χ1n) is 10.2. The predicted molar refractivity (Wildman–Crippen MR) is 107 cm³/mol. The minimum absolute atomic E-state index is 0.0319. The summed E-state index contributed by atoms with van der Waals surface area (Å²) in [6, 6.07) is 7.32. The molecule has 1 fully saturated rings. The molecule has 0 saturated carbocycles. The minimum atomic E-state index is -0.0395. The van der Waals surface area contributed by atoms with Gasteiger partial charge >= 0.3 is 0 Å². The number of nitrogens with zero attached hydrogens (tertiary/aromatic N) is 4. The van der Waals surface area contributed by atoms with Gasteiger partial charge in [0.2, 0.25) is 5.91 Å². The third-order valence-electron chi connectivity index (χ3n) is 5.61. The Labute approximate surface area is 170 Å². The molecule has 4 rings (SSSR count). The van der Waals surface area contributed by atoms with Crippen molar-refractivity contribution in [1.82, 2.24) is 19.8 Å². The molecule has 2 aromatic rings. The van der Waals surface area contributed by atoms with Crippen LogP contribution in [0, 0.1) is 0 Å². The SMILES string of the molecule is CCOc1ccccc1C(=O)N1CCc2nc(C3CCCN3C(C)=O)ncc2C1. The van der Waals surface area contributed by atoms with Crippen molar-refractivity contribution in [2.24, 2.45) is 0 Å². The molecule has 2 aliphatic rings. The number of carbonyl (C=O) groups is 2. The Bertz CT molecular complexity index is 930. The molecule has 7 nitrogen and oxygen atoms in total. The molecule has 0 radical (unpaired) electrons. The number of ether oxygens (including phenoxy) is 1. The smallest absolute Gasteiger partial charge is 0.257 e. The average Bonchev–Trinajstić information content (AvgIpc) is 3.23. The Hall–Kier alpha value is -2.96. The van der Waals surface area contributed by atoms with Crippen molar-refractivity contribution in [2.75, 3.05) is 19.7 Å². The second-order valence-electron chi connectivity index (χ2n) is 7.48. The van der Waals surface area contributed by atoms with Gasteiger partial charge in [-0.15, -0.1) is 0 Å². The van der Waals surface area contributed by atoms with E-state index in [9.17, 15) is 9.59 Å². The monoisotopic (exact) mass is 394 g/mol. The molecule has 1 atom stereocenters. The van der Waals surface area contributed by atoms with E-state index in [2.05, 4.69) is 4.98 Å². The summed E-state index contributed by atoms with van der Waals surface area (Å²) in [5.74, 6) is 1.36. The van der Waals surface area contributed by atoms with Gasteiger partial charge in [0.25, 0.3) is 5.91 Å². The Morgan fingerprint density at radius 2 is 2.07 bits per heavy atom. The van der Waals surface area contributed by atoms with Crippen molar-refractivity contribution in [1.29, 1.82) is 0 Å². The van der Waals surface area contributed by atoms with E-state index in [-0.39, 0.29) is 17.9 Å². The van der Waals surface area contributed by atoms with Crippen molar-refractivity contribution in [3.63, 3.8) is 0 Å². The van der Waals surface area contributed by atoms with E-state index in [4.69, 9.17) is 9.72 Å². The first-order valence-corrected chi connectivity index (χ1v) is 10.2. The lowest BCUT2D eigenvalue weighted by atomic mass is 10.0. The number of rotatable bonds is 4. The van der Waals surface area contributed by atoms with E-state index in [1.54, 1.807) is 13.0 Å². The zero-order valence-electron chi connectivity index (χ0n) is 16.9. The Balaban J connectivity index is 1.53. The van der Waals surface area contributed by atoms with Crippen LogP contribution in [0.2, 0.25) is 0 Å². The molecule has 0 aliphatic carbocycles. The molecule has 0 bridgehead atoms. The third kappa shape index (κ3) is 3.81. The molecule has 2 amide bonds. The van der Waals surface area contributed by atoms with Gasteiger partial charge in [-0.3, -0.25) is 9.59 Å². The van der Waals surface area contributed by atoms with Crippen LogP contribution in [-0.2, 0) is 17.8 Å². The summed E-state index contributed by atoms with van der Waals surface area (Å²) >= 11 is 0. The van der Waals surface area contributed by atoms with Crippen LogP contribution in [-0.4, -0.2) is 51.3 Å². The molecule has 2 aliphatic heterocycles. The number of amides is 2. The third-order valence-corrected chi connectivity index (χ3v) is 5.61. The number of hydrogen-bond acceptors (Lipinski definition) is 5. The standard InChI is InChI=1S/C22H26N4O3/c1-3-29-20-9-5-4-7-17(20)22(28)25-12-10-18-16(14-25)13-23-21(24-18)19-8-6-11-26(19)15(2)27/h4-5,7,9,13,19H,3,6,8,10-12,14H2,1-2H3. The van der Waals surface area contributed by atoms with E-state index in [0.717, 1.165) is 36.5 Å². The van der Waals surface area contributed by atoms with Crippen LogP contribution in [0.1, 0.15) is 60.2 Å². The lowest BCUT2D eigenvalue weighted by molar-refractivity contribution is -0.129. The molecular formula is C22H26N4O3. The van der Waals surface area contributed by atoms with Crippen LogP contribution in [0.15, 0.2) is 30.5 Å². The highest BCUT2D eigenvalue weighted by molar-refractivity contribution is 5.97. The molecule has 29 heavy (non-hydrogen) atoms. The van der Waals surface area contributed by atoms with Crippen LogP contribution in [0.3, 0.4) is 0 Å². The molecule has 7 heteroatoms. The van der Waals surface area contributed by atoms with Crippen molar-refractivity contribution >= 4 is 11.8 Å². The Morgan fingerprint density at radius 1 is 1.24 bits per heavy atom. The molecule has 1 aromatic heterocycles. The van der Waals surface area contributed by atoms with Crippen LogP contribution < -0.4 is 4.74 Å². The van der Waals surface area contributed by atoms with Gasteiger partial charge in [0.1, 0.15) is 5.75 Å². The number of fused-ring (bicyclic) bond motifs is 1. The number of aromatic nitrogens is 2. The quantitative estimate of drug-likeness (QED) is 0.797. The predicted octanol–water partition coefficient (Wildman–Crippen LogP) is 2.76. The summed E-state index contributed by atoms with van der Waals surface area (Å²) in [4.78, 5) is 37.9. The summed E-state index contributed by atoms with van der Waals surface area (Å²) < 4.78 is 5.62. The number of likely N-dealkylation sites (tertiary alicyclic amines) is 1. The van der Waals surface area contributed by atoms with E-state index in [1.165, 1.54) is 0 Å². The number of hydrogen-bond donors (Lipinski definition) is 0. The number of carbonyl (C=O) groups excluding carboxylic acids is 2. The van der Waals surface area contributed by atoms with E-state index >= 15 is 0 Å². The zero-order valence-corrected chi connectivity index (χ0v) is 16.9. The molecule has 1 unspecified atom stereocenters. The lowest BCUT2D eigenvalue weighted by Crippen LogP contribution is -2.37. The molecule has 152 valence electrons.